The maximum absolute atomic E-state index is 10.9. The van der Waals surface area contributed by atoms with E-state index in [0.29, 0.717) is 11.2 Å². The van der Waals surface area contributed by atoms with Gasteiger partial charge in [-0.3, -0.25) is 4.79 Å². The molecule has 0 aliphatic rings. The molecule has 0 atom stereocenters. The molecule has 0 N–H and O–H groups in total. The number of carbonyl (C=O) groups is 1. The summed E-state index contributed by atoms with van der Waals surface area (Å²) in [7, 11) is 0. The molecule has 5 nitrogen and oxygen atoms in total. The van der Waals surface area contributed by atoms with Crippen molar-refractivity contribution in [1.82, 2.24) is 19.9 Å². The highest BCUT2D eigenvalue weighted by Crippen LogP contribution is 2.02. The summed E-state index contributed by atoms with van der Waals surface area (Å²) in [6, 6.07) is 0. The fourth-order valence-electron chi connectivity index (χ4n) is 0.940. The van der Waals surface area contributed by atoms with E-state index in [1.807, 2.05) is 0 Å². The molecule has 0 fully saturated rings. The van der Waals surface area contributed by atoms with Crippen LogP contribution < -0.4 is 0 Å². The Balaban J connectivity index is 2.69. The van der Waals surface area contributed by atoms with E-state index in [1.54, 1.807) is 6.20 Å². The predicted octanol–water partition coefficient (Wildman–Crippen LogP) is 0.622. The zero-order valence-corrected chi connectivity index (χ0v) is 6.93. The Morgan fingerprint density at radius 1 is 1.23 bits per heavy atom. The molecule has 2 aromatic rings. The summed E-state index contributed by atoms with van der Waals surface area (Å²) >= 11 is 0. The van der Waals surface area contributed by atoms with Gasteiger partial charge in [0.15, 0.2) is 17.3 Å². The van der Waals surface area contributed by atoms with Crippen LogP contribution in [0.15, 0.2) is 18.6 Å². The predicted molar refractivity (Wildman–Crippen MR) is 45.1 cm³/mol. The van der Waals surface area contributed by atoms with Crippen LogP contribution in [0.1, 0.15) is 17.5 Å². The average molecular weight is 174 g/mol. The standard InChI is InChI=1S/C8H6N4O/c1-5(13)7-11-4-6-8(12-7)10-3-2-9-6/h2-4H,1H3. The van der Waals surface area contributed by atoms with Gasteiger partial charge >= 0.3 is 0 Å². The summed E-state index contributed by atoms with van der Waals surface area (Å²) in [5, 5.41) is 0. The second-order valence-electron chi connectivity index (χ2n) is 2.51. The lowest BCUT2D eigenvalue weighted by Crippen LogP contribution is -2.01. The van der Waals surface area contributed by atoms with Crippen molar-refractivity contribution in [3.63, 3.8) is 0 Å². The Morgan fingerprint density at radius 2 is 2.00 bits per heavy atom. The van der Waals surface area contributed by atoms with Gasteiger partial charge in [0.25, 0.3) is 0 Å². The van der Waals surface area contributed by atoms with Gasteiger partial charge < -0.3 is 0 Å². The molecule has 0 saturated carbocycles. The molecule has 0 aromatic carbocycles. The average Bonchev–Trinajstić information content (AvgIpc) is 2.17. The molecule has 2 heterocycles. The summed E-state index contributed by atoms with van der Waals surface area (Å²) in [5.74, 6) is 0.000512. The van der Waals surface area contributed by atoms with Crippen LogP contribution in [0, 0.1) is 0 Å². The fourth-order valence-corrected chi connectivity index (χ4v) is 0.940. The Morgan fingerprint density at radius 3 is 2.77 bits per heavy atom. The van der Waals surface area contributed by atoms with Crippen LogP contribution in [-0.4, -0.2) is 25.7 Å². The van der Waals surface area contributed by atoms with Crippen LogP contribution in [0.5, 0.6) is 0 Å². The van der Waals surface area contributed by atoms with E-state index in [2.05, 4.69) is 19.9 Å². The summed E-state index contributed by atoms with van der Waals surface area (Å²) in [5.41, 5.74) is 1.04. The first-order chi connectivity index (χ1) is 6.27. The molecule has 0 bridgehead atoms. The first kappa shape index (κ1) is 7.72. The highest BCUT2D eigenvalue weighted by molar-refractivity contribution is 5.91. The summed E-state index contributed by atoms with van der Waals surface area (Å²) in [4.78, 5) is 26.6. The lowest BCUT2D eigenvalue weighted by atomic mass is 10.4. The molecule has 0 spiro atoms. The van der Waals surface area contributed by atoms with Gasteiger partial charge in [-0.15, -0.1) is 0 Å². The Hall–Kier alpha value is -1.91. The second kappa shape index (κ2) is 2.85. The van der Waals surface area contributed by atoms with Crippen LogP contribution in [-0.2, 0) is 0 Å². The quantitative estimate of drug-likeness (QED) is 0.593. The van der Waals surface area contributed by atoms with E-state index >= 15 is 0 Å². The number of fused-ring (bicyclic) bond motifs is 1. The second-order valence-corrected chi connectivity index (χ2v) is 2.51. The zero-order chi connectivity index (χ0) is 9.26. The van der Waals surface area contributed by atoms with E-state index in [-0.39, 0.29) is 11.6 Å². The van der Waals surface area contributed by atoms with Gasteiger partial charge in [-0.2, -0.15) is 0 Å². The molecule has 0 radical (unpaired) electrons. The van der Waals surface area contributed by atoms with Gasteiger partial charge in [-0.1, -0.05) is 0 Å². The number of rotatable bonds is 1. The van der Waals surface area contributed by atoms with E-state index in [0.717, 1.165) is 0 Å². The van der Waals surface area contributed by atoms with Gasteiger partial charge in [0.05, 0.1) is 6.20 Å². The van der Waals surface area contributed by atoms with Gasteiger partial charge in [0, 0.05) is 19.3 Å². The Bertz CT molecular complexity index is 468. The maximum Gasteiger partial charge on any atom is 0.197 e. The maximum atomic E-state index is 10.9. The molecule has 0 unspecified atom stereocenters. The van der Waals surface area contributed by atoms with Crippen LogP contribution in [0.3, 0.4) is 0 Å². The summed E-state index contributed by atoms with van der Waals surface area (Å²) < 4.78 is 0. The van der Waals surface area contributed by atoms with Crippen LogP contribution in [0.4, 0.5) is 0 Å². The number of hydrogen-bond donors (Lipinski definition) is 0. The number of aromatic nitrogens is 4. The minimum atomic E-state index is -0.174. The number of Topliss-reactive ketones (excluding diaryl/α,β-unsaturated/α-hetero) is 1. The van der Waals surface area contributed by atoms with Crippen molar-refractivity contribution in [3.8, 4) is 0 Å². The SMILES string of the molecule is CC(=O)c1ncc2nccnc2n1. The van der Waals surface area contributed by atoms with E-state index in [1.165, 1.54) is 19.3 Å². The molecule has 5 heteroatoms. The van der Waals surface area contributed by atoms with E-state index in [4.69, 9.17) is 0 Å². The molecular weight excluding hydrogens is 168 g/mol. The van der Waals surface area contributed by atoms with Crippen molar-refractivity contribution in [1.29, 1.82) is 0 Å². The minimum absolute atomic E-state index is 0.174. The van der Waals surface area contributed by atoms with Gasteiger partial charge in [-0.25, -0.2) is 19.9 Å². The Labute approximate surface area is 73.9 Å². The highest BCUT2D eigenvalue weighted by Gasteiger charge is 2.04. The molecule has 13 heavy (non-hydrogen) atoms. The molecule has 0 amide bonds. The summed E-state index contributed by atoms with van der Waals surface area (Å²) in [6.07, 6.45) is 4.57. The van der Waals surface area contributed by atoms with Crippen LogP contribution in [0.2, 0.25) is 0 Å². The van der Waals surface area contributed by atoms with Crippen molar-refractivity contribution in [2.75, 3.05) is 0 Å². The van der Waals surface area contributed by atoms with Crippen LogP contribution >= 0.6 is 0 Å². The number of carbonyl (C=O) groups excluding carboxylic acids is 1. The number of nitrogens with zero attached hydrogens (tertiary/aromatic N) is 4. The van der Waals surface area contributed by atoms with Gasteiger partial charge in [-0.05, 0) is 0 Å². The molecule has 0 aliphatic heterocycles. The minimum Gasteiger partial charge on any atom is -0.291 e. The summed E-state index contributed by atoms with van der Waals surface area (Å²) in [6.45, 7) is 1.41. The van der Waals surface area contributed by atoms with Crippen LogP contribution in [0.25, 0.3) is 11.2 Å². The van der Waals surface area contributed by atoms with Crippen molar-refractivity contribution in [3.05, 3.63) is 24.4 Å². The Kier molecular flexibility index (Phi) is 1.70. The molecule has 0 aliphatic carbocycles. The largest absolute Gasteiger partial charge is 0.291 e. The third kappa shape index (κ3) is 1.35. The third-order valence-corrected chi connectivity index (χ3v) is 1.54. The molecule has 0 saturated heterocycles. The van der Waals surface area contributed by atoms with Gasteiger partial charge in [0.1, 0.15) is 5.52 Å². The van der Waals surface area contributed by atoms with Crippen molar-refractivity contribution in [2.24, 2.45) is 0 Å². The molecular formula is C8H6N4O. The lowest BCUT2D eigenvalue weighted by Gasteiger charge is -1.95. The van der Waals surface area contributed by atoms with Crippen molar-refractivity contribution in [2.45, 2.75) is 6.92 Å². The van der Waals surface area contributed by atoms with Gasteiger partial charge in [0.2, 0.25) is 0 Å². The van der Waals surface area contributed by atoms with Crippen molar-refractivity contribution < 1.29 is 4.79 Å². The molecule has 2 aromatic heterocycles. The lowest BCUT2D eigenvalue weighted by molar-refractivity contribution is 0.100. The van der Waals surface area contributed by atoms with E-state index in [9.17, 15) is 4.79 Å². The zero-order valence-electron chi connectivity index (χ0n) is 6.93. The first-order valence-electron chi connectivity index (χ1n) is 3.72. The fraction of sp³-hybridized carbons (Fsp3) is 0.125. The third-order valence-electron chi connectivity index (χ3n) is 1.54. The normalized spacial score (nSPS) is 10.2. The number of ketones is 1. The monoisotopic (exact) mass is 174 g/mol. The highest BCUT2D eigenvalue weighted by atomic mass is 16.1. The first-order valence-corrected chi connectivity index (χ1v) is 3.72. The smallest absolute Gasteiger partial charge is 0.197 e. The topological polar surface area (TPSA) is 68.6 Å². The van der Waals surface area contributed by atoms with Crippen molar-refractivity contribution >= 4 is 16.9 Å². The molecule has 64 valence electrons. The van der Waals surface area contributed by atoms with E-state index < -0.39 is 0 Å². The molecule has 2 rings (SSSR count). The number of hydrogen-bond acceptors (Lipinski definition) is 5.